The first kappa shape index (κ1) is 18.4. The number of nitrogens with zero attached hydrogens (tertiary/aromatic N) is 1. The van der Waals surface area contributed by atoms with Gasteiger partial charge in [-0.15, -0.1) is 0 Å². The number of benzene rings is 3. The monoisotopic (exact) mass is 395 g/mol. The second kappa shape index (κ2) is 6.87. The van der Waals surface area contributed by atoms with E-state index < -0.39 is 10.0 Å². The minimum absolute atomic E-state index is 0.216. The van der Waals surface area contributed by atoms with Crippen LogP contribution in [0.4, 0.5) is 5.69 Å². The maximum absolute atomic E-state index is 13.6. The number of rotatable bonds is 4. The summed E-state index contributed by atoms with van der Waals surface area (Å²) in [5, 5.41) is 0. The summed E-state index contributed by atoms with van der Waals surface area (Å²) in [6, 6.07) is 19.4. The van der Waals surface area contributed by atoms with E-state index in [0.717, 1.165) is 16.7 Å². The van der Waals surface area contributed by atoms with Crippen molar-refractivity contribution in [2.45, 2.75) is 17.9 Å². The second-order valence-electron chi connectivity index (χ2n) is 6.59. The molecule has 5 nitrogen and oxygen atoms in total. The molecule has 0 aromatic heterocycles. The molecule has 1 heterocycles. The minimum atomic E-state index is -3.80. The Morgan fingerprint density at radius 3 is 2.25 bits per heavy atom. The van der Waals surface area contributed by atoms with Gasteiger partial charge in [0.15, 0.2) is 0 Å². The van der Waals surface area contributed by atoms with Gasteiger partial charge in [-0.3, -0.25) is 4.31 Å². The zero-order valence-electron chi connectivity index (χ0n) is 15.9. The van der Waals surface area contributed by atoms with Crippen LogP contribution in [0.1, 0.15) is 18.5 Å². The molecule has 4 rings (SSSR count). The van der Waals surface area contributed by atoms with Gasteiger partial charge in [-0.25, -0.2) is 8.42 Å². The topological polar surface area (TPSA) is 55.8 Å². The van der Waals surface area contributed by atoms with Gasteiger partial charge in [-0.1, -0.05) is 30.3 Å². The lowest BCUT2D eigenvalue weighted by molar-refractivity contribution is 0.414. The molecule has 0 spiro atoms. The number of sulfonamides is 1. The fourth-order valence-corrected chi connectivity index (χ4v) is 5.41. The van der Waals surface area contributed by atoms with E-state index in [9.17, 15) is 8.42 Å². The first-order valence-electron chi connectivity index (χ1n) is 8.94. The summed E-state index contributed by atoms with van der Waals surface area (Å²) in [5.41, 5.74) is 3.33. The molecular weight excluding hydrogens is 374 g/mol. The van der Waals surface area contributed by atoms with Crippen molar-refractivity contribution in [1.29, 1.82) is 0 Å². The van der Waals surface area contributed by atoms with Gasteiger partial charge >= 0.3 is 0 Å². The highest BCUT2D eigenvalue weighted by atomic mass is 32.2. The van der Waals surface area contributed by atoms with Crippen LogP contribution in [0.3, 0.4) is 0 Å². The summed E-state index contributed by atoms with van der Waals surface area (Å²) in [7, 11) is -0.648. The van der Waals surface area contributed by atoms with Crippen LogP contribution in [0.2, 0.25) is 0 Å². The third-order valence-electron chi connectivity index (χ3n) is 5.11. The summed E-state index contributed by atoms with van der Waals surface area (Å²) >= 11 is 0. The van der Waals surface area contributed by atoms with Gasteiger partial charge in [-0.05, 0) is 54.4 Å². The molecule has 0 fully saturated rings. The van der Waals surface area contributed by atoms with Gasteiger partial charge in [0.05, 0.1) is 30.8 Å². The molecule has 0 N–H and O–H groups in total. The average Bonchev–Trinajstić information content (AvgIpc) is 2.73. The summed E-state index contributed by atoms with van der Waals surface area (Å²) in [6.07, 6.45) is 0. The molecule has 1 atom stereocenters. The van der Waals surface area contributed by atoms with Crippen LogP contribution >= 0.6 is 0 Å². The lowest BCUT2D eigenvalue weighted by atomic mass is 9.90. The summed E-state index contributed by atoms with van der Waals surface area (Å²) in [6.45, 7) is 1.91. The van der Waals surface area contributed by atoms with Crippen LogP contribution < -0.4 is 13.8 Å². The van der Waals surface area contributed by atoms with Crippen molar-refractivity contribution < 1.29 is 17.9 Å². The van der Waals surface area contributed by atoms with Gasteiger partial charge < -0.3 is 9.47 Å². The zero-order valence-corrected chi connectivity index (χ0v) is 16.7. The highest BCUT2D eigenvalue weighted by molar-refractivity contribution is 7.92. The molecule has 0 radical (unpaired) electrons. The average molecular weight is 395 g/mol. The van der Waals surface area contributed by atoms with Crippen molar-refractivity contribution in [3.8, 4) is 22.6 Å². The maximum atomic E-state index is 13.6. The van der Waals surface area contributed by atoms with Gasteiger partial charge in [0.25, 0.3) is 10.0 Å². The van der Waals surface area contributed by atoms with Gasteiger partial charge in [-0.2, -0.15) is 0 Å². The standard InChI is InChI=1S/C22H21NO4S/c1-15-18-7-4-5-8-19(18)22-20(9-6-10-21(22)27-3)23(15)28(24,25)17-13-11-16(26-2)12-14-17/h4-15H,1-3H3. The van der Waals surface area contributed by atoms with Crippen LogP contribution in [0, 0.1) is 0 Å². The van der Waals surface area contributed by atoms with Crippen molar-refractivity contribution in [1.82, 2.24) is 0 Å². The van der Waals surface area contributed by atoms with Crippen molar-refractivity contribution in [3.05, 3.63) is 72.3 Å². The van der Waals surface area contributed by atoms with Crippen molar-refractivity contribution in [2.75, 3.05) is 18.5 Å². The number of hydrogen-bond acceptors (Lipinski definition) is 4. The molecule has 0 saturated heterocycles. The molecule has 1 aliphatic heterocycles. The molecule has 144 valence electrons. The van der Waals surface area contributed by atoms with Crippen LogP contribution in [-0.2, 0) is 10.0 Å². The van der Waals surface area contributed by atoms with Gasteiger partial charge in [0, 0.05) is 5.56 Å². The zero-order chi connectivity index (χ0) is 19.9. The molecule has 0 amide bonds. The smallest absolute Gasteiger partial charge is 0.264 e. The molecular formula is C22H21NO4S. The van der Waals surface area contributed by atoms with Crippen molar-refractivity contribution in [3.63, 3.8) is 0 Å². The van der Waals surface area contributed by atoms with E-state index in [-0.39, 0.29) is 10.9 Å². The van der Waals surface area contributed by atoms with E-state index in [1.165, 1.54) is 4.31 Å². The van der Waals surface area contributed by atoms with Crippen LogP contribution in [0.25, 0.3) is 11.1 Å². The second-order valence-corrected chi connectivity index (χ2v) is 8.41. The Labute approximate surface area is 165 Å². The predicted molar refractivity (Wildman–Crippen MR) is 110 cm³/mol. The van der Waals surface area contributed by atoms with Crippen molar-refractivity contribution >= 4 is 15.7 Å². The van der Waals surface area contributed by atoms with E-state index >= 15 is 0 Å². The molecule has 1 aliphatic rings. The van der Waals surface area contributed by atoms with E-state index in [4.69, 9.17) is 9.47 Å². The fourth-order valence-electron chi connectivity index (χ4n) is 3.77. The van der Waals surface area contributed by atoms with Crippen LogP contribution in [0.5, 0.6) is 11.5 Å². The third-order valence-corrected chi connectivity index (χ3v) is 7.01. The largest absolute Gasteiger partial charge is 0.497 e. The molecule has 3 aromatic rings. The van der Waals surface area contributed by atoms with Crippen LogP contribution in [0.15, 0.2) is 71.6 Å². The fraction of sp³-hybridized carbons (Fsp3) is 0.182. The van der Waals surface area contributed by atoms with Crippen LogP contribution in [-0.4, -0.2) is 22.6 Å². The number of anilines is 1. The Kier molecular flexibility index (Phi) is 4.51. The molecule has 1 unspecified atom stereocenters. The molecule has 3 aromatic carbocycles. The first-order chi connectivity index (χ1) is 13.5. The molecule has 28 heavy (non-hydrogen) atoms. The molecule has 0 saturated carbocycles. The predicted octanol–water partition coefficient (Wildman–Crippen LogP) is 4.64. The Balaban J connectivity index is 1.95. The SMILES string of the molecule is COc1ccc(S(=O)(=O)N2c3cccc(OC)c3-c3ccccc3C2C)cc1. The molecule has 6 heteroatoms. The summed E-state index contributed by atoms with van der Waals surface area (Å²) in [5.74, 6) is 1.25. The number of ether oxygens (including phenoxy) is 2. The van der Waals surface area contributed by atoms with E-state index in [1.807, 2.05) is 49.4 Å². The highest BCUT2D eigenvalue weighted by Gasteiger charge is 2.37. The minimum Gasteiger partial charge on any atom is -0.497 e. The van der Waals surface area contributed by atoms with Gasteiger partial charge in [0.2, 0.25) is 0 Å². The Morgan fingerprint density at radius 1 is 0.857 bits per heavy atom. The van der Waals surface area contributed by atoms with E-state index in [0.29, 0.717) is 17.2 Å². The Bertz CT molecular complexity index is 1120. The molecule has 0 aliphatic carbocycles. The highest BCUT2D eigenvalue weighted by Crippen LogP contribution is 2.50. The normalized spacial score (nSPS) is 15.5. The lowest BCUT2D eigenvalue weighted by Crippen LogP contribution is -2.36. The van der Waals surface area contributed by atoms with E-state index in [1.54, 1.807) is 38.5 Å². The molecule has 0 bridgehead atoms. The number of methoxy groups -OCH3 is 2. The van der Waals surface area contributed by atoms with Crippen molar-refractivity contribution in [2.24, 2.45) is 0 Å². The first-order valence-corrected chi connectivity index (χ1v) is 10.4. The Hall–Kier alpha value is -2.99. The maximum Gasteiger partial charge on any atom is 0.264 e. The summed E-state index contributed by atoms with van der Waals surface area (Å²) < 4.78 is 39.4. The Morgan fingerprint density at radius 2 is 1.57 bits per heavy atom. The quantitative estimate of drug-likeness (QED) is 0.646. The van der Waals surface area contributed by atoms with E-state index in [2.05, 4.69) is 0 Å². The van der Waals surface area contributed by atoms with Gasteiger partial charge in [0.1, 0.15) is 11.5 Å². The lowest BCUT2D eigenvalue weighted by Gasteiger charge is -2.38. The number of hydrogen-bond donors (Lipinski definition) is 0. The summed E-state index contributed by atoms with van der Waals surface area (Å²) in [4.78, 5) is 0.216. The third kappa shape index (κ3) is 2.72. The number of fused-ring (bicyclic) bond motifs is 3.